The van der Waals surface area contributed by atoms with Gasteiger partial charge in [0, 0.05) is 39.0 Å². The summed E-state index contributed by atoms with van der Waals surface area (Å²) in [7, 11) is -19.4. The summed E-state index contributed by atoms with van der Waals surface area (Å²) in [5.74, 6) is -1.28. The second kappa shape index (κ2) is 22.0. The van der Waals surface area contributed by atoms with E-state index in [1.165, 1.54) is 34.2 Å². The van der Waals surface area contributed by atoms with Crippen molar-refractivity contribution in [2.24, 2.45) is 13.0 Å². The Hall–Kier alpha value is -4.62. The van der Waals surface area contributed by atoms with Gasteiger partial charge in [-0.2, -0.15) is 8.62 Å². The average Bonchev–Trinajstić information content (AvgIpc) is 4.12. The van der Waals surface area contributed by atoms with Crippen LogP contribution in [0.4, 0.5) is 11.8 Å². The predicted octanol–water partition coefficient (Wildman–Crippen LogP) is -3.58. The van der Waals surface area contributed by atoms with Crippen molar-refractivity contribution >= 4 is 65.4 Å². The van der Waals surface area contributed by atoms with Gasteiger partial charge in [-0.3, -0.25) is 51.4 Å². The minimum Gasteiger partial charge on any atom is -0.387 e. The number of aliphatic hydroxyl groups excluding tert-OH is 3. The lowest BCUT2D eigenvalue weighted by molar-refractivity contribution is -0.745. The fraction of sp³-hybridized carbons (Fsp3) is 0.588. The molecule has 0 bridgehead atoms. The van der Waals surface area contributed by atoms with Gasteiger partial charge in [-0.15, -0.1) is 0 Å². The van der Waals surface area contributed by atoms with Crippen molar-refractivity contribution in [3.05, 3.63) is 62.4 Å². The molecule has 41 heteroatoms. The quantitative estimate of drug-likeness (QED) is 0.0236. The van der Waals surface area contributed by atoms with Gasteiger partial charge in [-0.05, 0) is 6.42 Å². The smallest absolute Gasteiger partial charge is 0.387 e. The number of phosphoric ester groups is 3. The first-order chi connectivity index (χ1) is 35.2. The zero-order valence-corrected chi connectivity index (χ0v) is 42.4. The number of imidazole rings is 2. The van der Waals surface area contributed by atoms with E-state index in [0.717, 1.165) is 36.6 Å². The molecular formula is C34H49N12O25P4+. The van der Waals surface area contributed by atoms with Crippen LogP contribution in [0, 0.1) is 5.92 Å². The number of nitrogen functional groups attached to an aromatic ring is 2. The molecule has 37 nitrogen and oxygen atoms in total. The highest BCUT2D eigenvalue weighted by Crippen LogP contribution is 2.68. The van der Waals surface area contributed by atoms with Gasteiger partial charge in [0.1, 0.15) is 54.6 Å². The molecule has 3 fully saturated rings. The number of aromatic nitrogens is 10. The third kappa shape index (κ3) is 12.2. The van der Waals surface area contributed by atoms with E-state index in [0.29, 0.717) is 0 Å². The number of fused-ring (bicyclic) bond motifs is 2. The van der Waals surface area contributed by atoms with Crippen LogP contribution >= 0.6 is 31.3 Å². The molecule has 8 heterocycles. The Morgan fingerprint density at radius 2 is 1.43 bits per heavy atom. The number of aryl methyl sites for hydroxylation is 1. The molecule has 0 aliphatic carbocycles. The van der Waals surface area contributed by atoms with E-state index in [9.17, 15) is 67.5 Å². The van der Waals surface area contributed by atoms with Crippen LogP contribution < -0.4 is 32.8 Å². The normalized spacial score (nSPS) is 30.4. The number of nitrogens with two attached hydrogens (primary N) is 2. The molecule has 0 spiro atoms. The summed E-state index contributed by atoms with van der Waals surface area (Å²) in [6, 6.07) is 0.926. The Morgan fingerprint density at radius 3 is 2.09 bits per heavy atom. The zero-order chi connectivity index (χ0) is 54.5. The summed E-state index contributed by atoms with van der Waals surface area (Å²) in [4.78, 5) is 99.6. The molecule has 0 saturated carbocycles. The lowest BCUT2D eigenvalue weighted by atomic mass is 9.95. The van der Waals surface area contributed by atoms with Crippen molar-refractivity contribution < 1.29 is 108 Å². The molecule has 0 aromatic carbocycles. The highest BCUT2D eigenvalue weighted by atomic mass is 31.3. The van der Waals surface area contributed by atoms with Crippen molar-refractivity contribution in [2.75, 3.05) is 52.1 Å². The number of ether oxygens (including phenoxy) is 5. The average molecular weight is 1150 g/mol. The molecule has 0 radical (unpaired) electrons. The largest absolute Gasteiger partial charge is 0.490 e. The number of nitrogens with zero attached hydrogens (tertiary/aromatic N) is 8. The number of aromatic amines is 2. The Balaban J connectivity index is 0.942. The number of nitrogens with one attached hydrogen (secondary N) is 2. The molecule has 5 aromatic heterocycles. The first-order valence-electron chi connectivity index (χ1n) is 21.6. The van der Waals surface area contributed by atoms with Gasteiger partial charge in [-0.25, -0.2) is 42.6 Å². The summed E-state index contributed by atoms with van der Waals surface area (Å²) in [6.07, 6.45) is -13.1. The summed E-state index contributed by atoms with van der Waals surface area (Å²) in [5, 5.41) is 32.6. The number of methoxy groups -OCH3 is 2. The number of rotatable bonds is 22. The van der Waals surface area contributed by atoms with Crippen molar-refractivity contribution in [1.82, 2.24) is 43.6 Å². The zero-order valence-electron chi connectivity index (χ0n) is 38.9. The highest BCUT2D eigenvalue weighted by molar-refractivity contribution is 7.66. The second-order valence-electron chi connectivity index (χ2n) is 16.7. The number of hydrogen-bond donors (Lipinski definition) is 11. The van der Waals surface area contributed by atoms with Gasteiger partial charge in [0.05, 0.1) is 39.3 Å². The summed E-state index contributed by atoms with van der Waals surface area (Å²) in [5.41, 5.74) is 9.34. The van der Waals surface area contributed by atoms with E-state index >= 15 is 0 Å². The van der Waals surface area contributed by atoms with E-state index in [4.69, 9.17) is 53.2 Å². The maximum atomic E-state index is 13.6. The van der Waals surface area contributed by atoms with E-state index in [-0.39, 0.29) is 47.1 Å². The van der Waals surface area contributed by atoms with Gasteiger partial charge in [0.15, 0.2) is 30.2 Å². The van der Waals surface area contributed by atoms with Crippen molar-refractivity contribution in [3.63, 3.8) is 0 Å². The number of aliphatic hydroxyl groups is 3. The van der Waals surface area contributed by atoms with Gasteiger partial charge in [0.25, 0.3) is 17.1 Å². The van der Waals surface area contributed by atoms with Crippen LogP contribution in [0.2, 0.25) is 0 Å². The first kappa shape index (κ1) is 56.6. The van der Waals surface area contributed by atoms with Crippen LogP contribution in [0.15, 0.2) is 45.6 Å². The summed E-state index contributed by atoms with van der Waals surface area (Å²) < 4.78 is 115. The lowest BCUT2D eigenvalue weighted by Gasteiger charge is -2.26. The molecule has 13 N–H and O–H groups in total. The van der Waals surface area contributed by atoms with Gasteiger partial charge >= 0.3 is 42.6 Å². The Bertz CT molecular complexity index is 3280. The van der Waals surface area contributed by atoms with Crippen LogP contribution in [-0.2, 0) is 75.7 Å². The molecule has 8 rings (SSSR count). The third-order valence-corrected chi connectivity index (χ3v) is 17.0. The fourth-order valence-electron chi connectivity index (χ4n) is 8.49. The summed E-state index contributed by atoms with van der Waals surface area (Å²) >= 11 is 0. The number of anilines is 2. The molecule has 5 unspecified atom stereocenters. The Labute approximate surface area is 417 Å². The number of phosphoric acid groups is 4. The third-order valence-electron chi connectivity index (χ3n) is 11.8. The maximum Gasteiger partial charge on any atom is 0.490 e. The first-order valence-corrected chi connectivity index (χ1v) is 27.6. The van der Waals surface area contributed by atoms with E-state index in [2.05, 4.69) is 33.5 Å². The van der Waals surface area contributed by atoms with E-state index in [1.54, 1.807) is 0 Å². The van der Waals surface area contributed by atoms with Gasteiger partial charge < -0.3 is 70.0 Å². The fourth-order valence-corrected chi connectivity index (χ4v) is 13.0. The molecule has 16 atom stereocenters. The SMILES string of the molecule is COCC[C@@H]1[C@@H](COP(=O)(O)OP(=O)(O)OP(=O)(O)OC[C@H]2O[C@@H](n3cnc4c(N)ncnc43)[C@H](OC)[C@@H]2OP(=O)(O)OC[C@H]2O[C@@H](n3ccc(=O)[nH]c3=O)[C@H](O)[C@@H]2O)OC([n+]2cn(C)c3c(=O)[nH]c(N)nc32)[C@@H]1O. The van der Waals surface area contributed by atoms with E-state index < -0.39 is 141 Å². The molecule has 3 aliphatic rings. The van der Waals surface area contributed by atoms with Crippen LogP contribution in [0.5, 0.6) is 0 Å². The predicted molar refractivity (Wildman–Crippen MR) is 242 cm³/mol. The standard InChI is InChI=1S/C34H48N12O25P4/c1-43-13-46(28-20(43)29(51)42-33(36)41-28)30-21(48)14(5-7-61-2)15(66-30)8-64-73(55,56)70-75(59,60)71-74(57,58)65-10-17-24(25(62-3)32(68-17)45-12-39-19-26(35)37-11-38-27(19)45)69-72(53,54)63-9-16-22(49)23(50)31(67-16)44-6-4-18(47)40-34(44)52/h4,6,11-17,21-25,30-32,48-50H,5,7-10H2,1-3H3,(H9-,35,36,37,38,40,41,42,47,51,52,53,54,55,56,57,58,59,60)/p+1/t14-,15-,16-,17-,21-,22-,23-,24-,25-,30?,31-,32-/m1/s1. The molecule has 5 aromatic rings. The Morgan fingerprint density at radius 1 is 0.773 bits per heavy atom. The van der Waals surface area contributed by atoms with Crippen molar-refractivity contribution in [2.45, 2.75) is 73.9 Å². The topological polar surface area (TPSA) is 516 Å². The molecule has 75 heavy (non-hydrogen) atoms. The number of H-pyrrole nitrogens is 2. The summed E-state index contributed by atoms with van der Waals surface area (Å²) in [6.45, 7) is -3.17. The van der Waals surface area contributed by atoms with Crippen molar-refractivity contribution in [1.29, 1.82) is 0 Å². The Kier molecular flexibility index (Phi) is 16.6. The minimum absolute atomic E-state index is 0.00828. The van der Waals surface area contributed by atoms with Crippen molar-refractivity contribution in [3.8, 4) is 0 Å². The van der Waals surface area contributed by atoms with Gasteiger partial charge in [0.2, 0.25) is 11.7 Å². The molecule has 3 aliphatic heterocycles. The van der Waals surface area contributed by atoms with Crippen LogP contribution in [0.1, 0.15) is 25.1 Å². The molecular weight excluding hydrogens is 1100 g/mol. The lowest BCUT2D eigenvalue weighted by Crippen LogP contribution is -2.45. The molecule has 0 amide bonds. The van der Waals surface area contributed by atoms with Crippen LogP contribution in [0.25, 0.3) is 22.3 Å². The van der Waals surface area contributed by atoms with Gasteiger partial charge in [-0.1, -0.05) is 4.98 Å². The number of hydrogen-bond acceptors (Lipinski definition) is 27. The van der Waals surface area contributed by atoms with Crippen LogP contribution in [-0.4, -0.2) is 168 Å². The maximum absolute atomic E-state index is 13.6. The molecule has 414 valence electrons. The molecule has 3 saturated heterocycles. The van der Waals surface area contributed by atoms with E-state index in [1.807, 2.05) is 4.98 Å². The highest BCUT2D eigenvalue weighted by Gasteiger charge is 2.54. The minimum atomic E-state index is -6.18. The second-order valence-corrected chi connectivity index (χ2v) is 22.7. The monoisotopic (exact) mass is 1150 g/mol. The van der Waals surface area contributed by atoms with Crippen LogP contribution in [0.3, 0.4) is 0 Å².